The Morgan fingerprint density at radius 1 is 1.35 bits per heavy atom. The van der Waals surface area contributed by atoms with E-state index in [9.17, 15) is 14.3 Å². The van der Waals surface area contributed by atoms with Crippen LogP contribution in [0.5, 0.6) is 0 Å². The molecule has 6 heteroatoms. The molecule has 0 radical (unpaired) electrons. The third-order valence-electron chi connectivity index (χ3n) is 3.49. The first-order valence-corrected chi connectivity index (χ1v) is 7.68. The summed E-state index contributed by atoms with van der Waals surface area (Å²) in [5, 5.41) is 13.0. The van der Waals surface area contributed by atoms with Crippen LogP contribution in [0.4, 0.5) is 4.39 Å². The molecule has 2 rings (SSSR count). The number of amides is 1. The van der Waals surface area contributed by atoms with Gasteiger partial charge in [-0.2, -0.15) is 0 Å². The number of hydrogen-bond donors (Lipinski definition) is 2. The molecule has 0 bridgehead atoms. The molecule has 0 fully saturated rings. The van der Waals surface area contributed by atoms with Crippen molar-refractivity contribution in [3.63, 3.8) is 0 Å². The number of nitrogens with zero attached hydrogens (tertiary/aromatic N) is 1. The van der Waals surface area contributed by atoms with Crippen LogP contribution in [-0.4, -0.2) is 22.0 Å². The number of benzene rings is 1. The van der Waals surface area contributed by atoms with E-state index in [1.165, 1.54) is 18.2 Å². The largest absolute Gasteiger partial charge is 0.386 e. The summed E-state index contributed by atoms with van der Waals surface area (Å²) in [4.78, 5) is 16.1. The molecule has 122 valence electrons. The first-order chi connectivity index (χ1) is 11.0. The quantitative estimate of drug-likeness (QED) is 0.852. The molecule has 0 saturated heterocycles. The lowest BCUT2D eigenvalue weighted by Gasteiger charge is -2.22. The fourth-order valence-electron chi connectivity index (χ4n) is 2.24. The number of pyridine rings is 1. The Balaban J connectivity index is 1.93. The molecule has 2 atom stereocenters. The molecule has 1 aromatic carbocycles. The second-order valence-electron chi connectivity index (χ2n) is 5.26. The van der Waals surface area contributed by atoms with Crippen molar-refractivity contribution in [1.29, 1.82) is 0 Å². The monoisotopic (exact) mass is 336 g/mol. The highest BCUT2D eigenvalue weighted by molar-refractivity contribution is 6.31. The molecule has 1 heterocycles. The normalized spacial score (nSPS) is 13.4. The molecule has 2 N–H and O–H groups in total. The number of rotatable bonds is 6. The first kappa shape index (κ1) is 17.4. The smallest absolute Gasteiger partial charge is 0.220 e. The summed E-state index contributed by atoms with van der Waals surface area (Å²) >= 11 is 5.93. The number of aromatic nitrogens is 1. The Hall–Kier alpha value is -1.98. The number of aliphatic hydroxyl groups excluding tert-OH is 1. The Morgan fingerprint density at radius 2 is 2.13 bits per heavy atom. The zero-order valence-electron chi connectivity index (χ0n) is 12.7. The minimum absolute atomic E-state index is 0.00769. The molecule has 1 aromatic heterocycles. The lowest BCUT2D eigenvalue weighted by molar-refractivity contribution is -0.122. The van der Waals surface area contributed by atoms with E-state index in [1.807, 2.05) is 12.1 Å². The summed E-state index contributed by atoms with van der Waals surface area (Å²) in [5.41, 5.74) is 0.805. The average Bonchev–Trinajstić information content (AvgIpc) is 2.53. The Bertz CT molecular complexity index is 647. The number of hydrogen-bond acceptors (Lipinski definition) is 3. The van der Waals surface area contributed by atoms with Crippen molar-refractivity contribution in [3.05, 3.63) is 64.7 Å². The maximum atomic E-state index is 13.8. The Kier molecular flexibility index (Phi) is 6.07. The fraction of sp³-hybridized carbons (Fsp3) is 0.294. The van der Waals surface area contributed by atoms with Crippen LogP contribution >= 0.6 is 11.6 Å². The highest BCUT2D eigenvalue weighted by Gasteiger charge is 2.23. The molecular formula is C17H18ClFN2O2. The van der Waals surface area contributed by atoms with Crippen LogP contribution in [0.1, 0.15) is 30.7 Å². The second kappa shape index (κ2) is 8.04. The van der Waals surface area contributed by atoms with E-state index < -0.39 is 18.0 Å². The third-order valence-corrected chi connectivity index (χ3v) is 3.82. The molecule has 2 aromatic rings. The Morgan fingerprint density at radius 3 is 2.78 bits per heavy atom. The molecular weight excluding hydrogens is 319 g/mol. The van der Waals surface area contributed by atoms with Crippen LogP contribution in [0.2, 0.25) is 5.02 Å². The zero-order chi connectivity index (χ0) is 16.8. The molecule has 0 aliphatic heterocycles. The number of carbonyl (C=O) groups is 1. The minimum atomic E-state index is -1.22. The van der Waals surface area contributed by atoms with Gasteiger partial charge in [-0.1, -0.05) is 23.7 Å². The number of aryl methyl sites for hydroxylation is 1. The topological polar surface area (TPSA) is 62.2 Å². The van der Waals surface area contributed by atoms with Crippen LogP contribution in [0.3, 0.4) is 0 Å². The average molecular weight is 337 g/mol. The highest BCUT2D eigenvalue weighted by Crippen LogP contribution is 2.27. The van der Waals surface area contributed by atoms with E-state index in [-0.39, 0.29) is 22.9 Å². The first-order valence-electron chi connectivity index (χ1n) is 7.30. The molecule has 23 heavy (non-hydrogen) atoms. The number of nitrogens with one attached hydrogen (secondary N) is 1. The van der Waals surface area contributed by atoms with Crippen LogP contribution in [0, 0.1) is 5.82 Å². The van der Waals surface area contributed by atoms with Crippen molar-refractivity contribution in [2.75, 3.05) is 0 Å². The SMILES string of the molecule is C[C@H](NC(=O)CCc1ccccn1)[C@@H](O)c1c(F)cccc1Cl. The van der Waals surface area contributed by atoms with Gasteiger partial charge in [-0.15, -0.1) is 0 Å². The summed E-state index contributed by atoms with van der Waals surface area (Å²) < 4.78 is 13.8. The van der Waals surface area contributed by atoms with Gasteiger partial charge in [-0.05, 0) is 37.6 Å². The number of carbonyl (C=O) groups excluding carboxylic acids is 1. The Labute approximate surface area is 139 Å². The van der Waals surface area contributed by atoms with Crippen LogP contribution in [0.15, 0.2) is 42.6 Å². The second-order valence-corrected chi connectivity index (χ2v) is 5.66. The van der Waals surface area contributed by atoms with Gasteiger partial charge in [-0.3, -0.25) is 9.78 Å². The van der Waals surface area contributed by atoms with Gasteiger partial charge in [0.2, 0.25) is 5.91 Å². The van der Waals surface area contributed by atoms with Gasteiger partial charge in [0.25, 0.3) is 0 Å². The van der Waals surface area contributed by atoms with Gasteiger partial charge in [-0.25, -0.2) is 4.39 Å². The van der Waals surface area contributed by atoms with Gasteiger partial charge in [0, 0.05) is 28.9 Å². The predicted octanol–water partition coefficient (Wildman–Crippen LogP) is 3.05. The molecule has 0 aliphatic rings. The van der Waals surface area contributed by atoms with Crippen molar-refractivity contribution in [2.45, 2.75) is 31.9 Å². The molecule has 0 saturated carbocycles. The van der Waals surface area contributed by atoms with Crippen molar-refractivity contribution < 1.29 is 14.3 Å². The maximum Gasteiger partial charge on any atom is 0.220 e. The van der Waals surface area contributed by atoms with Crippen LogP contribution in [0.25, 0.3) is 0 Å². The van der Waals surface area contributed by atoms with Crippen molar-refractivity contribution >= 4 is 17.5 Å². The summed E-state index contributed by atoms with van der Waals surface area (Å²) in [7, 11) is 0. The van der Waals surface area contributed by atoms with Gasteiger partial charge < -0.3 is 10.4 Å². The third kappa shape index (κ3) is 4.74. The molecule has 0 unspecified atom stereocenters. The van der Waals surface area contributed by atoms with E-state index in [0.717, 1.165) is 5.69 Å². The van der Waals surface area contributed by atoms with E-state index in [1.54, 1.807) is 19.2 Å². The van der Waals surface area contributed by atoms with Crippen molar-refractivity contribution in [2.24, 2.45) is 0 Å². The molecule has 4 nitrogen and oxygen atoms in total. The van der Waals surface area contributed by atoms with E-state index in [0.29, 0.717) is 6.42 Å². The molecule has 1 amide bonds. The summed E-state index contributed by atoms with van der Waals surface area (Å²) in [6.07, 6.45) is 1.18. The van der Waals surface area contributed by atoms with Crippen LogP contribution in [-0.2, 0) is 11.2 Å². The summed E-state index contributed by atoms with van der Waals surface area (Å²) in [5.74, 6) is -0.839. The van der Waals surface area contributed by atoms with Crippen LogP contribution < -0.4 is 5.32 Å². The van der Waals surface area contributed by atoms with Gasteiger partial charge in [0.1, 0.15) is 11.9 Å². The van der Waals surface area contributed by atoms with Crippen molar-refractivity contribution in [1.82, 2.24) is 10.3 Å². The fourth-order valence-corrected chi connectivity index (χ4v) is 2.51. The standard InChI is InChI=1S/C17H18ClFN2O2/c1-11(17(23)16-13(18)6-4-7-14(16)19)21-15(22)9-8-12-5-2-3-10-20-12/h2-7,10-11,17,23H,8-9H2,1H3,(H,21,22)/t11-,17+/m0/s1. The maximum absolute atomic E-state index is 13.8. The molecule has 0 aliphatic carbocycles. The lowest BCUT2D eigenvalue weighted by Crippen LogP contribution is -2.37. The zero-order valence-corrected chi connectivity index (χ0v) is 13.4. The minimum Gasteiger partial charge on any atom is -0.386 e. The van der Waals surface area contributed by atoms with Gasteiger partial charge in [0.05, 0.1) is 6.04 Å². The van der Waals surface area contributed by atoms with E-state index >= 15 is 0 Å². The van der Waals surface area contributed by atoms with Crippen molar-refractivity contribution in [3.8, 4) is 0 Å². The van der Waals surface area contributed by atoms with E-state index in [4.69, 9.17) is 11.6 Å². The van der Waals surface area contributed by atoms with E-state index in [2.05, 4.69) is 10.3 Å². The summed E-state index contributed by atoms with van der Waals surface area (Å²) in [6, 6.07) is 9.01. The number of halogens is 2. The number of aliphatic hydroxyl groups is 1. The molecule has 0 spiro atoms. The lowest BCUT2D eigenvalue weighted by atomic mass is 10.0. The van der Waals surface area contributed by atoms with Gasteiger partial charge >= 0.3 is 0 Å². The predicted molar refractivity (Wildman–Crippen MR) is 86.5 cm³/mol. The van der Waals surface area contributed by atoms with Gasteiger partial charge in [0.15, 0.2) is 0 Å². The highest BCUT2D eigenvalue weighted by atomic mass is 35.5. The summed E-state index contributed by atoms with van der Waals surface area (Å²) in [6.45, 7) is 1.60.